The summed E-state index contributed by atoms with van der Waals surface area (Å²) in [4.78, 5) is 20.2. The molecule has 0 saturated heterocycles. The number of benzene rings is 2. The van der Waals surface area contributed by atoms with Crippen LogP contribution in [0.2, 0.25) is 0 Å². The first-order chi connectivity index (χ1) is 12.2. The van der Waals surface area contributed by atoms with E-state index in [1.165, 1.54) is 13.2 Å². The molecule has 124 valence electrons. The smallest absolute Gasteiger partial charge is 0.341 e. The summed E-state index contributed by atoms with van der Waals surface area (Å²) in [5.74, 6) is -1.28. The number of nitrogens with zero attached hydrogens (tertiary/aromatic N) is 2. The van der Waals surface area contributed by atoms with Gasteiger partial charge in [0.15, 0.2) is 11.6 Å². The van der Waals surface area contributed by atoms with Gasteiger partial charge in [-0.05, 0) is 0 Å². The van der Waals surface area contributed by atoms with Gasteiger partial charge in [0, 0.05) is 17.2 Å². The Labute approximate surface area is 144 Å². The predicted molar refractivity (Wildman–Crippen MR) is 93.7 cm³/mol. The lowest BCUT2D eigenvalue weighted by molar-refractivity contribution is 0.0595. The maximum absolute atomic E-state index is 13.8. The average Bonchev–Trinajstić information content (AvgIpc) is 2.68. The second kappa shape index (κ2) is 7.49. The molecule has 0 unspecified atom stereocenters. The number of aliphatic imine (C=N–C) groups is 1. The van der Waals surface area contributed by atoms with Crippen LogP contribution in [-0.4, -0.2) is 23.8 Å². The lowest BCUT2D eigenvalue weighted by atomic mass is 10.0. The highest BCUT2D eigenvalue weighted by Crippen LogP contribution is 2.19. The van der Waals surface area contributed by atoms with Crippen molar-refractivity contribution < 1.29 is 13.9 Å². The van der Waals surface area contributed by atoms with Crippen LogP contribution in [0.5, 0.6) is 0 Å². The largest absolute Gasteiger partial charge is 0.465 e. The summed E-state index contributed by atoms with van der Waals surface area (Å²) >= 11 is 0. The van der Waals surface area contributed by atoms with Gasteiger partial charge in [-0.2, -0.15) is 0 Å². The zero-order valence-electron chi connectivity index (χ0n) is 13.5. The van der Waals surface area contributed by atoms with Crippen LogP contribution in [-0.2, 0) is 4.74 Å². The number of esters is 1. The van der Waals surface area contributed by atoms with Gasteiger partial charge in [0.2, 0.25) is 0 Å². The summed E-state index contributed by atoms with van der Waals surface area (Å²) in [6.45, 7) is 0. The maximum atomic E-state index is 13.8. The van der Waals surface area contributed by atoms with E-state index in [1.54, 1.807) is 0 Å². The third-order valence-corrected chi connectivity index (χ3v) is 3.57. The van der Waals surface area contributed by atoms with Crippen LogP contribution in [0.3, 0.4) is 0 Å². The molecule has 0 fully saturated rings. The standard InChI is InChI=1S/C20H15FN2O2/c1-25-20(24)16-12-18(22-13-17(16)21)23-19(14-8-4-2-5-9-14)15-10-6-3-7-11-15/h2-13H,1H3. The van der Waals surface area contributed by atoms with Crippen molar-refractivity contribution in [3.63, 3.8) is 0 Å². The van der Waals surface area contributed by atoms with Crippen LogP contribution in [0.15, 0.2) is 77.9 Å². The van der Waals surface area contributed by atoms with E-state index in [1.807, 2.05) is 60.7 Å². The molecule has 3 rings (SSSR count). The van der Waals surface area contributed by atoms with Crippen molar-refractivity contribution in [2.75, 3.05) is 7.11 Å². The van der Waals surface area contributed by atoms with E-state index in [2.05, 4.69) is 14.7 Å². The summed E-state index contributed by atoms with van der Waals surface area (Å²) in [6, 6.07) is 20.5. The van der Waals surface area contributed by atoms with Crippen molar-refractivity contribution >= 4 is 17.5 Å². The number of aromatic nitrogens is 1. The Hall–Kier alpha value is -3.34. The predicted octanol–water partition coefficient (Wildman–Crippen LogP) is 4.18. The number of rotatable bonds is 4. The third-order valence-electron chi connectivity index (χ3n) is 3.57. The molecule has 1 aromatic heterocycles. The van der Waals surface area contributed by atoms with E-state index in [-0.39, 0.29) is 11.4 Å². The van der Waals surface area contributed by atoms with E-state index >= 15 is 0 Å². The van der Waals surface area contributed by atoms with Crippen molar-refractivity contribution in [2.24, 2.45) is 4.99 Å². The molecule has 0 bridgehead atoms. The van der Waals surface area contributed by atoms with E-state index in [4.69, 9.17) is 0 Å². The van der Waals surface area contributed by atoms with Crippen LogP contribution in [0.4, 0.5) is 10.2 Å². The fourth-order valence-electron chi connectivity index (χ4n) is 2.36. The molecule has 5 heteroatoms. The van der Waals surface area contributed by atoms with E-state index in [0.717, 1.165) is 17.3 Å². The topological polar surface area (TPSA) is 51.5 Å². The number of methoxy groups -OCH3 is 1. The van der Waals surface area contributed by atoms with Gasteiger partial charge in [0.1, 0.15) is 5.56 Å². The van der Waals surface area contributed by atoms with E-state index < -0.39 is 11.8 Å². The lowest BCUT2D eigenvalue weighted by Gasteiger charge is -2.08. The van der Waals surface area contributed by atoms with Crippen molar-refractivity contribution in [1.29, 1.82) is 0 Å². The molecule has 0 aliphatic rings. The molecule has 25 heavy (non-hydrogen) atoms. The number of halogens is 1. The molecule has 0 saturated carbocycles. The molecule has 1 heterocycles. The molecule has 2 aromatic carbocycles. The van der Waals surface area contributed by atoms with Gasteiger partial charge >= 0.3 is 5.97 Å². The molecular formula is C20H15FN2O2. The van der Waals surface area contributed by atoms with Crippen LogP contribution in [0.1, 0.15) is 21.5 Å². The minimum atomic E-state index is -0.766. The molecule has 0 N–H and O–H groups in total. The summed E-state index contributed by atoms with van der Waals surface area (Å²) in [5.41, 5.74) is 2.26. The summed E-state index contributed by atoms with van der Waals surface area (Å²) < 4.78 is 18.4. The van der Waals surface area contributed by atoms with Crippen LogP contribution >= 0.6 is 0 Å². The second-order valence-electron chi connectivity index (χ2n) is 5.21. The molecule has 0 spiro atoms. The molecule has 0 amide bonds. The van der Waals surface area contributed by atoms with Gasteiger partial charge in [-0.25, -0.2) is 19.2 Å². The second-order valence-corrected chi connectivity index (χ2v) is 5.21. The Morgan fingerprint density at radius 2 is 1.56 bits per heavy atom. The van der Waals surface area contributed by atoms with Crippen LogP contribution in [0, 0.1) is 5.82 Å². The van der Waals surface area contributed by atoms with Gasteiger partial charge in [-0.15, -0.1) is 0 Å². The van der Waals surface area contributed by atoms with Gasteiger partial charge in [-0.1, -0.05) is 60.7 Å². The minimum absolute atomic E-state index is 0.197. The number of ether oxygens (including phenoxy) is 1. The molecule has 0 aliphatic carbocycles. The Balaban J connectivity index is 2.13. The molecule has 0 radical (unpaired) electrons. The molecule has 0 atom stereocenters. The van der Waals surface area contributed by atoms with Crippen LogP contribution < -0.4 is 0 Å². The Bertz CT molecular complexity index is 868. The third kappa shape index (κ3) is 3.77. The quantitative estimate of drug-likeness (QED) is 0.531. The van der Waals surface area contributed by atoms with Gasteiger partial charge in [0.25, 0.3) is 0 Å². The van der Waals surface area contributed by atoms with Gasteiger partial charge in [-0.3, -0.25) is 0 Å². The molecule has 3 aromatic rings. The maximum Gasteiger partial charge on any atom is 0.341 e. The summed E-state index contributed by atoms with van der Waals surface area (Å²) in [7, 11) is 1.20. The number of carbonyl (C=O) groups is 1. The molecular weight excluding hydrogens is 319 g/mol. The normalized spacial score (nSPS) is 10.2. The first kappa shape index (κ1) is 16.5. The fourth-order valence-corrected chi connectivity index (χ4v) is 2.36. The van der Waals surface area contributed by atoms with Gasteiger partial charge in [0.05, 0.1) is 19.0 Å². The summed E-state index contributed by atoms with van der Waals surface area (Å²) in [6.07, 6.45) is 0.971. The number of pyridine rings is 1. The molecule has 4 nitrogen and oxygen atoms in total. The first-order valence-electron chi connectivity index (χ1n) is 7.62. The lowest BCUT2D eigenvalue weighted by Crippen LogP contribution is -2.06. The number of hydrogen-bond acceptors (Lipinski definition) is 4. The Kier molecular flexibility index (Phi) is 4.95. The zero-order valence-corrected chi connectivity index (χ0v) is 13.5. The van der Waals surface area contributed by atoms with Crippen molar-refractivity contribution in [3.05, 3.63) is 95.4 Å². The first-order valence-corrected chi connectivity index (χ1v) is 7.62. The van der Waals surface area contributed by atoms with E-state index in [0.29, 0.717) is 5.71 Å². The Morgan fingerprint density at radius 3 is 2.08 bits per heavy atom. The van der Waals surface area contributed by atoms with Crippen molar-refractivity contribution in [2.45, 2.75) is 0 Å². The Morgan fingerprint density at radius 1 is 1.00 bits per heavy atom. The van der Waals surface area contributed by atoms with Crippen LogP contribution in [0.25, 0.3) is 0 Å². The number of hydrogen-bond donors (Lipinski definition) is 0. The number of carbonyl (C=O) groups excluding carboxylic acids is 1. The highest BCUT2D eigenvalue weighted by atomic mass is 19.1. The minimum Gasteiger partial charge on any atom is -0.465 e. The highest BCUT2D eigenvalue weighted by Gasteiger charge is 2.14. The van der Waals surface area contributed by atoms with Crippen molar-refractivity contribution in [3.8, 4) is 0 Å². The zero-order chi connectivity index (χ0) is 17.6. The average molecular weight is 334 g/mol. The van der Waals surface area contributed by atoms with Crippen molar-refractivity contribution in [1.82, 2.24) is 4.98 Å². The monoisotopic (exact) mass is 334 g/mol. The highest BCUT2D eigenvalue weighted by molar-refractivity contribution is 6.13. The van der Waals surface area contributed by atoms with Gasteiger partial charge < -0.3 is 4.74 Å². The summed E-state index contributed by atoms with van der Waals surface area (Å²) in [5, 5.41) is 0. The fraction of sp³-hybridized carbons (Fsp3) is 0.0500. The SMILES string of the molecule is COC(=O)c1cc(N=C(c2ccccc2)c2ccccc2)ncc1F. The van der Waals surface area contributed by atoms with E-state index in [9.17, 15) is 9.18 Å². The molecule has 0 aliphatic heterocycles.